The van der Waals surface area contributed by atoms with Crippen LogP contribution in [0.25, 0.3) is 55.6 Å². The number of benzene rings is 3. The van der Waals surface area contributed by atoms with E-state index >= 15 is 0 Å². The molecule has 0 atom stereocenters. The first-order valence-electron chi connectivity index (χ1n) is 34.5. The Morgan fingerprint density at radius 1 is 0.470 bits per heavy atom. The number of amides is 2. The van der Waals surface area contributed by atoms with Gasteiger partial charge < -0.3 is 48.6 Å². The number of hydrogen-bond acceptors (Lipinski definition) is 16. The molecule has 16 rings (SSSR count). The van der Waals surface area contributed by atoms with Crippen LogP contribution in [0.3, 0.4) is 0 Å². The molecule has 3 aromatic carbocycles. The van der Waals surface area contributed by atoms with Crippen molar-refractivity contribution in [1.29, 1.82) is 0 Å². The topological polar surface area (TPSA) is 177 Å². The number of aromatic nitrogens is 6. The number of halogens is 2. The molecule has 21 heteroatoms. The quantitative estimate of drug-likeness (QED) is 0.155. The van der Waals surface area contributed by atoms with Crippen LogP contribution in [0, 0.1) is 0 Å². The second-order valence-corrected chi connectivity index (χ2v) is 29.9. The van der Waals surface area contributed by atoms with Gasteiger partial charge in [0.1, 0.15) is 11.2 Å². The Hall–Kier alpha value is -8.79. The normalized spacial score (nSPS) is 16.7. The number of carbonyl (C=O) groups excluding carboxylic acids is 2. The predicted octanol–water partition coefficient (Wildman–Crippen LogP) is 14.2. The van der Waals surface area contributed by atoms with Crippen molar-refractivity contribution in [2.45, 2.75) is 111 Å². The van der Waals surface area contributed by atoms with E-state index in [4.69, 9.17) is 18.8 Å². The number of piperazine rings is 3. The van der Waals surface area contributed by atoms with Gasteiger partial charge in [-0.15, -0.1) is 12.4 Å². The van der Waals surface area contributed by atoms with Gasteiger partial charge in [-0.25, -0.2) is 9.59 Å². The van der Waals surface area contributed by atoms with Gasteiger partial charge in [0.15, 0.2) is 0 Å². The lowest BCUT2D eigenvalue weighted by atomic mass is 9.80. The number of nitrogens with zero attached hydrogens (tertiary/aromatic N) is 11. The van der Waals surface area contributed by atoms with Gasteiger partial charge in [0.05, 0.1) is 63.9 Å². The molecule has 0 saturated carbocycles. The molecule has 0 radical (unpaired) electrons. The predicted molar refractivity (Wildman–Crippen MR) is 404 cm³/mol. The molecule has 3 aliphatic carbocycles. The molecular weight excluding hydrogens is 1340 g/mol. The molecule has 9 aromatic rings. The molecule has 0 unspecified atom stereocenters. The highest BCUT2D eigenvalue weighted by Crippen LogP contribution is 2.45. The van der Waals surface area contributed by atoms with Crippen LogP contribution in [0.2, 0.25) is 0 Å². The van der Waals surface area contributed by atoms with E-state index in [0.717, 1.165) is 104 Å². The van der Waals surface area contributed by atoms with Crippen molar-refractivity contribution in [3.05, 3.63) is 203 Å². The molecule has 2 amide bonds. The van der Waals surface area contributed by atoms with E-state index in [2.05, 4.69) is 169 Å². The summed E-state index contributed by atoms with van der Waals surface area (Å²) in [6.45, 7) is 29.1. The fourth-order valence-electron chi connectivity index (χ4n) is 13.6. The van der Waals surface area contributed by atoms with Crippen molar-refractivity contribution < 1.29 is 28.4 Å². The summed E-state index contributed by atoms with van der Waals surface area (Å²) in [5.41, 5.74) is 22.3. The Kier molecular flexibility index (Phi) is 21.2. The van der Waals surface area contributed by atoms with E-state index in [1.807, 2.05) is 125 Å². The van der Waals surface area contributed by atoms with Gasteiger partial charge in [0.25, 0.3) is 0 Å². The number of ether oxygens (including phenoxy) is 2. The molecule has 10 heterocycles. The van der Waals surface area contributed by atoms with Crippen LogP contribution < -0.4 is 25.5 Å². The molecule has 4 fully saturated rings. The van der Waals surface area contributed by atoms with Crippen LogP contribution in [0.5, 0.6) is 0 Å². The van der Waals surface area contributed by atoms with Gasteiger partial charge in [-0.1, -0.05) is 88.7 Å². The van der Waals surface area contributed by atoms with Gasteiger partial charge in [-0.2, -0.15) is 0 Å². The molecule has 7 aliphatic rings. The third kappa shape index (κ3) is 15.9. The summed E-state index contributed by atoms with van der Waals surface area (Å²) < 4.78 is 24.4. The Morgan fingerprint density at radius 3 is 1.27 bits per heavy atom. The lowest BCUT2D eigenvalue weighted by molar-refractivity contribution is 0.00578. The highest BCUT2D eigenvalue weighted by atomic mass is 79.9. The summed E-state index contributed by atoms with van der Waals surface area (Å²) in [6, 6.07) is 38.4. The Bertz CT molecular complexity index is 4410. The monoisotopic (exact) mass is 1430 g/mol. The summed E-state index contributed by atoms with van der Waals surface area (Å²) >= 11 is 3.58. The molecule has 4 saturated heterocycles. The zero-order valence-corrected chi connectivity index (χ0v) is 61.3. The van der Waals surface area contributed by atoms with Crippen LogP contribution in [0.1, 0.15) is 103 Å². The molecule has 518 valence electrons. The van der Waals surface area contributed by atoms with E-state index in [9.17, 15) is 9.59 Å². The van der Waals surface area contributed by atoms with Crippen LogP contribution in [-0.2, 0) is 38.0 Å². The minimum atomic E-state index is -0.477. The van der Waals surface area contributed by atoms with Gasteiger partial charge in [0.2, 0.25) is 0 Å². The van der Waals surface area contributed by atoms with E-state index in [1.165, 1.54) is 83.8 Å². The zero-order valence-electron chi connectivity index (χ0n) is 58.9. The van der Waals surface area contributed by atoms with Crippen LogP contribution >= 0.6 is 28.3 Å². The van der Waals surface area contributed by atoms with E-state index in [1.54, 1.807) is 16.0 Å². The summed E-state index contributed by atoms with van der Waals surface area (Å²) in [7, 11) is -0.430. The van der Waals surface area contributed by atoms with Crippen LogP contribution in [-0.4, -0.2) is 160 Å². The van der Waals surface area contributed by atoms with E-state index < -0.39 is 18.3 Å². The maximum atomic E-state index is 12.4. The Labute approximate surface area is 603 Å². The average molecular weight is 1430 g/mol. The van der Waals surface area contributed by atoms with E-state index in [0.29, 0.717) is 26.2 Å². The second kappa shape index (κ2) is 29.8. The maximum Gasteiger partial charge on any atom is 0.496 e. The smallest absolute Gasteiger partial charge is 0.444 e. The minimum absolute atomic E-state index is 0. The first-order chi connectivity index (χ1) is 47.5. The average Bonchev–Trinajstić information content (AvgIpc) is 1.67. The van der Waals surface area contributed by atoms with Crippen molar-refractivity contribution in [2.75, 3.05) is 93.2 Å². The second-order valence-electron chi connectivity index (χ2n) is 29.1. The lowest BCUT2D eigenvalue weighted by Gasteiger charge is -2.36. The highest BCUT2D eigenvalue weighted by molar-refractivity contribution is 9.10. The minimum Gasteiger partial charge on any atom is -0.444 e. The largest absolute Gasteiger partial charge is 0.496 e. The van der Waals surface area contributed by atoms with Crippen molar-refractivity contribution in [1.82, 2.24) is 45.0 Å². The first-order valence-corrected chi connectivity index (χ1v) is 35.3. The molecular formula is C79H89BBrClN12O6. The highest BCUT2D eigenvalue weighted by Gasteiger charge is 2.52. The fraction of sp³-hybridized carbons (Fsp3) is 0.367. The van der Waals surface area contributed by atoms with Gasteiger partial charge in [0, 0.05) is 173 Å². The lowest BCUT2D eigenvalue weighted by Crippen LogP contribution is -2.50. The molecule has 0 bridgehead atoms. The Morgan fingerprint density at radius 2 is 0.840 bits per heavy atom. The molecule has 0 spiro atoms. The Balaban J connectivity index is 0.000000130. The van der Waals surface area contributed by atoms with Crippen molar-refractivity contribution in [3.63, 3.8) is 0 Å². The van der Waals surface area contributed by atoms with Gasteiger partial charge >= 0.3 is 19.3 Å². The molecule has 6 aromatic heterocycles. The van der Waals surface area contributed by atoms with Crippen LogP contribution in [0.4, 0.5) is 26.7 Å². The van der Waals surface area contributed by atoms with Crippen molar-refractivity contribution in [3.8, 4) is 55.6 Å². The van der Waals surface area contributed by atoms with Gasteiger partial charge in [-0.05, 0) is 150 Å². The SMILES string of the molecule is Brc1ccnc2c1-c1ccccc1C2.CC(C)(C)OC(=O)N1CCN(c2cncc(-c3ccnc4c3-c3ccccc3C4)c2)CC1.CC(C)(C)OC(=O)N1CCN(c2cncc(B3OC(C)(C)C(C)(C)O3)c2)CC1.Cl.c1ccc2c(c1)Cc1nccc(-c3cncc(N4CCNCC4)c3)c1-2. The molecule has 4 aliphatic heterocycles. The zero-order chi connectivity index (χ0) is 69.2. The number of fused-ring (bicyclic) bond motifs is 9. The number of hydrogen-bond donors (Lipinski definition) is 1. The number of carbonyl (C=O) groups is 2. The summed E-state index contributed by atoms with van der Waals surface area (Å²) in [5.74, 6) is 0. The summed E-state index contributed by atoms with van der Waals surface area (Å²) in [6.07, 6.45) is 19.4. The van der Waals surface area contributed by atoms with Gasteiger partial charge in [-0.3, -0.25) is 29.9 Å². The third-order valence-corrected chi connectivity index (χ3v) is 20.0. The number of rotatable bonds is 6. The standard InChI is InChI=1S/C26H28N4O2.C21H20N4.C20H32BN3O4.C12H8BrN.ClH/c1-26(2,3)32-25(31)30-12-10-29(11-13-30)20-14-19(16-27-17-20)22-8-9-28-23-15-18-6-4-5-7-21(18)24(22)23;1-2-4-18-15(3-1)12-20-21(18)19(5-6-24-20)16-11-17(14-23-13-16)25-9-7-22-8-10-25;1-18(2,3)26-17(25)24-10-8-23(9-11-24)16-12-15(13-22-14-16)21-27-19(4,5)20(6,7)28-21;13-10-5-6-14-11-7-8-3-1-2-4-9(8)12(10)11;/h4-9,14,16-17H,10-13,15H2,1-3H3;1-6,11,13-14,22H,7-10,12H2;12-14H,8-11H2,1-7H3;1-6H,7H2;1H. The summed E-state index contributed by atoms with van der Waals surface area (Å²) in [5, 5.41) is 3.41. The number of anilines is 3. The molecule has 1 N–H and O–H groups in total. The third-order valence-electron chi connectivity index (χ3n) is 19.4. The fourth-order valence-corrected chi connectivity index (χ4v) is 14.2. The van der Waals surface area contributed by atoms with Crippen LogP contribution in [0.15, 0.2) is 169 Å². The number of nitrogens with one attached hydrogen (secondary N) is 1. The first kappa shape index (κ1) is 71.1. The summed E-state index contributed by atoms with van der Waals surface area (Å²) in [4.78, 5) is 62.2. The van der Waals surface area contributed by atoms with Crippen molar-refractivity contribution in [2.24, 2.45) is 0 Å². The van der Waals surface area contributed by atoms with E-state index in [-0.39, 0.29) is 35.8 Å². The number of pyridine rings is 6. The van der Waals surface area contributed by atoms with Crippen molar-refractivity contribution >= 4 is 70.2 Å². The molecule has 100 heavy (non-hydrogen) atoms. The maximum absolute atomic E-state index is 12.4. The molecule has 18 nitrogen and oxygen atoms in total.